The Morgan fingerprint density at radius 2 is 1.73 bits per heavy atom. The third-order valence-corrected chi connectivity index (χ3v) is 8.09. The van der Waals surface area contributed by atoms with Gasteiger partial charge < -0.3 is 21.1 Å². The first kappa shape index (κ1) is 34.1. The lowest BCUT2D eigenvalue weighted by Crippen LogP contribution is -2.50. The first-order valence-corrected chi connectivity index (χ1v) is 15.2. The number of benzene rings is 1. The van der Waals surface area contributed by atoms with Gasteiger partial charge >= 0.3 is 5.97 Å². The number of primary amides is 1. The maximum atomic E-state index is 13.7. The second-order valence-electron chi connectivity index (χ2n) is 11.5. The van der Waals surface area contributed by atoms with Crippen LogP contribution < -0.4 is 16.4 Å². The predicted octanol–water partition coefficient (Wildman–Crippen LogP) is 4.47. The molecule has 0 aromatic heterocycles. The summed E-state index contributed by atoms with van der Waals surface area (Å²) in [6, 6.07) is 7.92. The summed E-state index contributed by atoms with van der Waals surface area (Å²) in [5.74, 6) is -2.49. The highest BCUT2D eigenvalue weighted by Gasteiger charge is 2.36. The number of carbonyl (C=O) groups is 5. The van der Waals surface area contributed by atoms with Crippen LogP contribution in [0.25, 0.3) is 0 Å². The van der Waals surface area contributed by atoms with E-state index in [9.17, 15) is 24.0 Å². The fourth-order valence-corrected chi connectivity index (χ4v) is 5.86. The quantitative estimate of drug-likeness (QED) is 0.203. The molecule has 1 aliphatic rings. The number of hydrogen-bond acceptors (Lipinski definition) is 7. The molecule has 0 radical (unpaired) electrons. The van der Waals surface area contributed by atoms with Crippen molar-refractivity contribution in [1.29, 1.82) is 0 Å². The molecule has 0 bridgehead atoms. The third kappa shape index (κ3) is 12.9. The molecule has 0 aliphatic heterocycles. The van der Waals surface area contributed by atoms with E-state index in [1.54, 1.807) is 6.92 Å². The Hall–Kier alpha value is -3.14. The van der Waals surface area contributed by atoms with Crippen LogP contribution >= 0.6 is 11.8 Å². The zero-order valence-corrected chi connectivity index (χ0v) is 25.5. The van der Waals surface area contributed by atoms with Crippen LogP contribution in [0.2, 0.25) is 0 Å². The number of ketones is 1. The van der Waals surface area contributed by atoms with Crippen LogP contribution in [0.5, 0.6) is 0 Å². The Kier molecular flexibility index (Phi) is 14.1. The molecule has 0 saturated heterocycles. The van der Waals surface area contributed by atoms with Crippen molar-refractivity contribution in [3.63, 3.8) is 0 Å². The van der Waals surface area contributed by atoms with Crippen molar-refractivity contribution in [3.8, 4) is 0 Å². The van der Waals surface area contributed by atoms with Crippen molar-refractivity contribution in [1.82, 2.24) is 10.6 Å². The molecule has 1 aromatic rings. The summed E-state index contributed by atoms with van der Waals surface area (Å²) in [5, 5.41) is 5.86. The van der Waals surface area contributed by atoms with Crippen LogP contribution in [0, 0.1) is 11.3 Å². The molecule has 41 heavy (non-hydrogen) atoms. The molecule has 2 rings (SSSR count). The third-order valence-electron chi connectivity index (χ3n) is 6.95. The van der Waals surface area contributed by atoms with Crippen LogP contribution in [0.15, 0.2) is 42.5 Å². The van der Waals surface area contributed by atoms with Gasteiger partial charge in [-0.05, 0) is 43.6 Å². The molecule has 3 amide bonds. The smallest absolute Gasteiger partial charge is 0.330 e. The molecule has 0 heterocycles. The van der Waals surface area contributed by atoms with Gasteiger partial charge in [0, 0.05) is 36.1 Å². The first-order chi connectivity index (χ1) is 19.4. The van der Waals surface area contributed by atoms with Crippen LogP contribution in [0.3, 0.4) is 0 Å². The van der Waals surface area contributed by atoms with Crippen molar-refractivity contribution in [3.05, 3.63) is 48.0 Å². The molecule has 4 N–H and O–H groups in total. The van der Waals surface area contributed by atoms with Gasteiger partial charge in [0.05, 0.1) is 12.6 Å². The van der Waals surface area contributed by atoms with Gasteiger partial charge in [-0.2, -0.15) is 0 Å². The second kappa shape index (κ2) is 17.0. The maximum Gasteiger partial charge on any atom is 0.330 e. The number of thioether (sulfide) groups is 1. The summed E-state index contributed by atoms with van der Waals surface area (Å²) >= 11 is 1.26. The number of nitrogens with two attached hydrogens (primary N) is 1. The lowest BCUT2D eigenvalue weighted by atomic mass is 9.80. The topological polar surface area (TPSA) is 145 Å². The predicted molar refractivity (Wildman–Crippen MR) is 161 cm³/mol. The Morgan fingerprint density at radius 3 is 2.32 bits per heavy atom. The van der Waals surface area contributed by atoms with Gasteiger partial charge in [0.1, 0.15) is 0 Å². The van der Waals surface area contributed by atoms with Crippen molar-refractivity contribution in [2.45, 2.75) is 96.4 Å². The first-order valence-electron chi connectivity index (χ1n) is 14.4. The zero-order valence-electron chi connectivity index (χ0n) is 24.6. The van der Waals surface area contributed by atoms with Crippen molar-refractivity contribution < 1.29 is 28.7 Å². The number of Topliss-reactive ketones (excluding diaryl/α,β-unsaturated/α-hetero) is 1. The molecule has 1 fully saturated rings. The number of ether oxygens (including phenoxy) is 1. The van der Waals surface area contributed by atoms with Crippen molar-refractivity contribution in [2.24, 2.45) is 17.1 Å². The minimum Gasteiger partial charge on any atom is -0.463 e. The fraction of sp³-hybridized carbons (Fsp3) is 0.581. The number of esters is 1. The van der Waals surface area contributed by atoms with E-state index >= 15 is 0 Å². The summed E-state index contributed by atoms with van der Waals surface area (Å²) in [7, 11) is 0. The molecule has 1 saturated carbocycles. The molecule has 3 unspecified atom stereocenters. The molecular formula is C31H45N3O6S. The molecule has 1 aromatic carbocycles. The van der Waals surface area contributed by atoms with E-state index in [1.165, 1.54) is 23.9 Å². The number of nitrogens with one attached hydrogen (secondary N) is 2. The van der Waals surface area contributed by atoms with E-state index in [0.717, 1.165) is 31.2 Å². The second-order valence-corrected chi connectivity index (χ2v) is 12.8. The number of rotatable bonds is 15. The normalized spacial score (nSPS) is 16.1. The van der Waals surface area contributed by atoms with E-state index in [4.69, 9.17) is 10.5 Å². The highest BCUT2D eigenvalue weighted by Crippen LogP contribution is 2.31. The number of amides is 3. The Morgan fingerprint density at radius 1 is 1.07 bits per heavy atom. The van der Waals surface area contributed by atoms with Crippen LogP contribution in [0.4, 0.5) is 4.79 Å². The lowest BCUT2D eigenvalue weighted by molar-refractivity contribution is -0.137. The fourth-order valence-electron chi connectivity index (χ4n) is 4.81. The summed E-state index contributed by atoms with van der Waals surface area (Å²) in [6.45, 7) is 7.56. The highest BCUT2D eigenvalue weighted by molar-refractivity contribution is 8.14. The van der Waals surface area contributed by atoms with Crippen LogP contribution in [0.1, 0.15) is 78.2 Å². The van der Waals surface area contributed by atoms with Gasteiger partial charge in [-0.25, -0.2) is 4.79 Å². The molecule has 9 nitrogen and oxygen atoms in total. The lowest BCUT2D eigenvalue weighted by Gasteiger charge is -2.31. The van der Waals surface area contributed by atoms with Gasteiger partial charge in [0.25, 0.3) is 5.24 Å². The van der Waals surface area contributed by atoms with Gasteiger partial charge in [0.2, 0.25) is 11.8 Å². The van der Waals surface area contributed by atoms with Crippen molar-refractivity contribution >= 4 is 40.6 Å². The van der Waals surface area contributed by atoms with E-state index in [-0.39, 0.29) is 42.1 Å². The summed E-state index contributed by atoms with van der Waals surface area (Å²) in [6.07, 6.45) is 7.26. The van der Waals surface area contributed by atoms with Gasteiger partial charge in [-0.15, -0.1) is 0 Å². The molecule has 3 atom stereocenters. The Balaban J connectivity index is 2.23. The molecule has 0 spiro atoms. The van der Waals surface area contributed by atoms with Crippen molar-refractivity contribution in [2.75, 3.05) is 6.61 Å². The zero-order chi connectivity index (χ0) is 30.4. The summed E-state index contributed by atoms with van der Waals surface area (Å²) in [4.78, 5) is 63.5. The van der Waals surface area contributed by atoms with E-state index in [0.29, 0.717) is 6.42 Å². The molecular weight excluding hydrogens is 542 g/mol. The standard InChI is InChI=1S/C31H45N3O6S/c1-5-40-27(37)18-16-23(15-17-26(32)36)33-29(38)22(19-21-11-7-6-8-12-21)20-25(35)28(31(2,3)4)34-30(39)41-24-13-9-10-14-24/h6-8,11-12,16,18,22-24,28H,5,9-10,13-15,17,19-20H2,1-4H3,(H2,32,36)(H,33,38)(H,34,39). The van der Waals surface area contributed by atoms with Crippen LogP contribution in [-0.2, 0) is 30.3 Å². The van der Waals surface area contributed by atoms with E-state index < -0.39 is 41.2 Å². The monoisotopic (exact) mass is 587 g/mol. The maximum absolute atomic E-state index is 13.7. The van der Waals surface area contributed by atoms with E-state index in [2.05, 4.69) is 10.6 Å². The van der Waals surface area contributed by atoms with Gasteiger partial charge in [-0.3, -0.25) is 19.2 Å². The summed E-state index contributed by atoms with van der Waals surface area (Å²) < 4.78 is 4.92. The average Bonchev–Trinajstić information content (AvgIpc) is 3.41. The van der Waals surface area contributed by atoms with Crippen LogP contribution in [-0.4, -0.2) is 52.7 Å². The largest absolute Gasteiger partial charge is 0.463 e. The minimum atomic E-state index is -0.774. The molecule has 1 aliphatic carbocycles. The number of carbonyl (C=O) groups excluding carboxylic acids is 5. The van der Waals surface area contributed by atoms with Gasteiger partial charge in [0.15, 0.2) is 5.78 Å². The molecule has 10 heteroatoms. The minimum absolute atomic E-state index is 0.00279. The van der Waals surface area contributed by atoms with Gasteiger partial charge in [-0.1, -0.05) is 81.8 Å². The Bertz CT molecular complexity index is 1060. The Labute approximate surface area is 247 Å². The number of hydrogen-bond donors (Lipinski definition) is 3. The SMILES string of the molecule is CCOC(=O)C=CC(CCC(N)=O)NC(=O)C(CC(=O)C(NC(=O)SC1CCCC1)C(C)(C)C)Cc1ccccc1. The average molecular weight is 588 g/mol. The van der Waals surface area contributed by atoms with E-state index in [1.807, 2.05) is 51.1 Å². The molecule has 226 valence electrons. The summed E-state index contributed by atoms with van der Waals surface area (Å²) in [5.41, 5.74) is 5.63. The highest BCUT2D eigenvalue weighted by atomic mass is 32.2.